The molecule has 17 heavy (non-hydrogen) atoms. The van der Waals surface area contributed by atoms with Gasteiger partial charge < -0.3 is 4.74 Å². The highest BCUT2D eigenvalue weighted by Crippen LogP contribution is 2.20. The molecule has 0 aliphatic heterocycles. The van der Waals surface area contributed by atoms with Crippen molar-refractivity contribution in [1.29, 1.82) is 0 Å². The predicted octanol–water partition coefficient (Wildman–Crippen LogP) is 4.30. The highest BCUT2D eigenvalue weighted by Gasteiger charge is 2.05. The molecule has 1 rings (SSSR count). The number of halogens is 2. The third-order valence-corrected chi connectivity index (χ3v) is 2.72. The molecule has 0 bridgehead atoms. The third kappa shape index (κ3) is 5.80. The van der Waals surface area contributed by atoms with Crippen LogP contribution in [-0.2, 0) is 4.74 Å². The highest BCUT2D eigenvalue weighted by molar-refractivity contribution is 6.33. The number of anilines is 1. The number of rotatable bonds is 6. The molecule has 0 radical (unpaired) electrons. The Labute approximate surface area is 111 Å². The Morgan fingerprint density at radius 2 is 2.00 bits per heavy atom. The van der Waals surface area contributed by atoms with E-state index in [1.807, 2.05) is 0 Å². The number of ether oxygens (including phenoxy) is 1. The Morgan fingerprint density at radius 1 is 1.24 bits per heavy atom. The minimum atomic E-state index is -0.482. The average molecular weight is 276 g/mol. The molecular formula is C12H15Cl2NO2. The van der Waals surface area contributed by atoms with Gasteiger partial charge >= 0.3 is 6.09 Å². The molecule has 0 unspecified atom stereocenters. The molecule has 3 nitrogen and oxygen atoms in total. The summed E-state index contributed by atoms with van der Waals surface area (Å²) in [4.78, 5) is 11.4. The first-order valence-corrected chi connectivity index (χ1v) is 6.39. The second-order valence-corrected chi connectivity index (χ2v) is 4.28. The van der Waals surface area contributed by atoms with Crippen LogP contribution in [0.1, 0.15) is 19.3 Å². The zero-order chi connectivity index (χ0) is 12.5. The van der Waals surface area contributed by atoms with Crippen LogP contribution < -0.4 is 5.32 Å². The molecule has 94 valence electrons. The summed E-state index contributed by atoms with van der Waals surface area (Å²) in [5.74, 6) is 0.645. The molecule has 1 amide bonds. The van der Waals surface area contributed by atoms with Gasteiger partial charge in [-0.1, -0.05) is 23.7 Å². The van der Waals surface area contributed by atoms with Crippen molar-refractivity contribution < 1.29 is 9.53 Å². The van der Waals surface area contributed by atoms with Crippen molar-refractivity contribution in [2.24, 2.45) is 0 Å². The Bertz CT molecular complexity index is 358. The van der Waals surface area contributed by atoms with Crippen molar-refractivity contribution in [3.05, 3.63) is 29.3 Å². The number of hydrogen-bond donors (Lipinski definition) is 1. The molecular weight excluding hydrogens is 261 g/mol. The molecule has 0 heterocycles. The summed E-state index contributed by atoms with van der Waals surface area (Å²) < 4.78 is 5.00. The van der Waals surface area contributed by atoms with Gasteiger partial charge in [0, 0.05) is 5.88 Å². The van der Waals surface area contributed by atoms with E-state index >= 15 is 0 Å². The monoisotopic (exact) mass is 275 g/mol. The number of hydrogen-bond acceptors (Lipinski definition) is 2. The number of carbonyl (C=O) groups is 1. The number of nitrogens with one attached hydrogen (secondary N) is 1. The first-order valence-electron chi connectivity index (χ1n) is 5.48. The van der Waals surface area contributed by atoms with Gasteiger partial charge in [0.2, 0.25) is 0 Å². The maximum Gasteiger partial charge on any atom is 0.411 e. The van der Waals surface area contributed by atoms with Crippen LogP contribution >= 0.6 is 23.2 Å². The van der Waals surface area contributed by atoms with Crippen LogP contribution in [0, 0.1) is 0 Å². The first kappa shape index (κ1) is 14.1. The van der Waals surface area contributed by atoms with Gasteiger partial charge in [0.15, 0.2) is 0 Å². The molecule has 1 N–H and O–H groups in total. The predicted molar refractivity (Wildman–Crippen MR) is 71.0 cm³/mol. The summed E-state index contributed by atoms with van der Waals surface area (Å²) in [7, 11) is 0. The van der Waals surface area contributed by atoms with E-state index in [2.05, 4.69) is 5.32 Å². The second kappa shape index (κ2) is 8.20. The smallest absolute Gasteiger partial charge is 0.411 e. The molecule has 0 aliphatic rings. The quantitative estimate of drug-likeness (QED) is 0.621. The number of para-hydroxylation sites is 1. The lowest BCUT2D eigenvalue weighted by atomic mass is 10.3. The van der Waals surface area contributed by atoms with Crippen molar-refractivity contribution in [3.63, 3.8) is 0 Å². The Morgan fingerprint density at radius 3 is 2.71 bits per heavy atom. The minimum absolute atomic E-state index is 0.396. The van der Waals surface area contributed by atoms with E-state index in [0.717, 1.165) is 19.3 Å². The molecule has 0 aromatic heterocycles. The van der Waals surface area contributed by atoms with E-state index in [4.69, 9.17) is 27.9 Å². The third-order valence-electron chi connectivity index (χ3n) is 2.12. The molecule has 0 saturated heterocycles. The lowest BCUT2D eigenvalue weighted by Crippen LogP contribution is -2.14. The number of unbranched alkanes of at least 4 members (excludes halogenated alkanes) is 2. The van der Waals surface area contributed by atoms with Gasteiger partial charge in [-0.15, -0.1) is 11.6 Å². The van der Waals surface area contributed by atoms with Crippen molar-refractivity contribution >= 4 is 35.0 Å². The summed E-state index contributed by atoms with van der Waals surface area (Å²) in [6, 6.07) is 7.02. The standard InChI is InChI=1S/C12H15Cl2NO2/c13-8-4-1-5-9-17-12(16)15-11-7-3-2-6-10(11)14/h2-3,6-7H,1,4-5,8-9H2,(H,15,16). The normalized spacial score (nSPS) is 10.0. The largest absolute Gasteiger partial charge is 0.449 e. The summed E-state index contributed by atoms with van der Waals surface area (Å²) in [5, 5.41) is 3.07. The fourth-order valence-corrected chi connectivity index (χ4v) is 1.62. The van der Waals surface area contributed by atoms with Gasteiger partial charge in [-0.3, -0.25) is 5.32 Å². The van der Waals surface area contributed by atoms with E-state index in [-0.39, 0.29) is 0 Å². The summed E-state index contributed by atoms with van der Waals surface area (Å²) in [6.07, 6.45) is 2.24. The molecule has 5 heteroatoms. The van der Waals surface area contributed by atoms with Gasteiger partial charge in [0.25, 0.3) is 0 Å². The van der Waals surface area contributed by atoms with Crippen LogP contribution in [0.15, 0.2) is 24.3 Å². The molecule has 0 saturated carbocycles. The Kier molecular flexibility index (Phi) is 6.82. The first-order chi connectivity index (χ1) is 8.24. The van der Waals surface area contributed by atoms with Gasteiger partial charge in [0.05, 0.1) is 17.3 Å². The summed E-state index contributed by atoms with van der Waals surface area (Å²) in [5.41, 5.74) is 0.555. The maximum absolute atomic E-state index is 11.4. The van der Waals surface area contributed by atoms with Crippen LogP contribution in [0.2, 0.25) is 5.02 Å². The van der Waals surface area contributed by atoms with E-state index in [1.54, 1.807) is 24.3 Å². The number of alkyl halides is 1. The zero-order valence-corrected chi connectivity index (χ0v) is 10.9. The molecule has 0 fully saturated rings. The number of amides is 1. The van der Waals surface area contributed by atoms with Crippen molar-refractivity contribution in [1.82, 2.24) is 0 Å². The Hall–Kier alpha value is -0.930. The van der Waals surface area contributed by atoms with E-state index < -0.39 is 6.09 Å². The van der Waals surface area contributed by atoms with Gasteiger partial charge in [-0.05, 0) is 31.4 Å². The highest BCUT2D eigenvalue weighted by atomic mass is 35.5. The van der Waals surface area contributed by atoms with Crippen molar-refractivity contribution in [2.75, 3.05) is 17.8 Å². The topological polar surface area (TPSA) is 38.3 Å². The number of carbonyl (C=O) groups excluding carboxylic acids is 1. The van der Waals surface area contributed by atoms with Crippen LogP contribution in [0.25, 0.3) is 0 Å². The van der Waals surface area contributed by atoms with E-state index in [1.165, 1.54) is 0 Å². The summed E-state index contributed by atoms with van der Waals surface area (Å²) in [6.45, 7) is 0.396. The van der Waals surface area contributed by atoms with Gasteiger partial charge in [-0.25, -0.2) is 4.79 Å². The fourth-order valence-electron chi connectivity index (χ4n) is 1.25. The molecule has 1 aromatic carbocycles. The average Bonchev–Trinajstić information content (AvgIpc) is 2.32. The minimum Gasteiger partial charge on any atom is -0.449 e. The van der Waals surface area contributed by atoms with Crippen LogP contribution in [-0.4, -0.2) is 18.6 Å². The van der Waals surface area contributed by atoms with Crippen LogP contribution in [0.3, 0.4) is 0 Å². The lowest BCUT2D eigenvalue weighted by Gasteiger charge is -2.07. The van der Waals surface area contributed by atoms with Crippen LogP contribution in [0.4, 0.5) is 10.5 Å². The van der Waals surface area contributed by atoms with Crippen molar-refractivity contribution in [2.45, 2.75) is 19.3 Å². The van der Waals surface area contributed by atoms with E-state index in [0.29, 0.717) is 23.2 Å². The lowest BCUT2D eigenvalue weighted by molar-refractivity contribution is 0.159. The Balaban J connectivity index is 2.23. The molecule has 1 aromatic rings. The van der Waals surface area contributed by atoms with Gasteiger partial charge in [-0.2, -0.15) is 0 Å². The number of benzene rings is 1. The van der Waals surface area contributed by atoms with Crippen molar-refractivity contribution in [3.8, 4) is 0 Å². The molecule has 0 spiro atoms. The maximum atomic E-state index is 11.4. The molecule has 0 aliphatic carbocycles. The summed E-state index contributed by atoms with van der Waals surface area (Å²) >= 11 is 11.4. The zero-order valence-electron chi connectivity index (χ0n) is 9.42. The van der Waals surface area contributed by atoms with Gasteiger partial charge in [0.1, 0.15) is 0 Å². The van der Waals surface area contributed by atoms with E-state index in [9.17, 15) is 4.79 Å². The van der Waals surface area contributed by atoms with Crippen LogP contribution in [0.5, 0.6) is 0 Å². The second-order valence-electron chi connectivity index (χ2n) is 3.49. The molecule has 0 atom stereocenters. The fraction of sp³-hybridized carbons (Fsp3) is 0.417. The SMILES string of the molecule is O=C(Nc1ccccc1Cl)OCCCCCCl.